The number of nitrogens with zero attached hydrogens (tertiary/aromatic N) is 4. The number of benzene rings is 1. The summed E-state index contributed by atoms with van der Waals surface area (Å²) in [5, 5.41) is 11.0. The van der Waals surface area contributed by atoms with Gasteiger partial charge in [0.2, 0.25) is 10.5 Å². The second-order valence-electron chi connectivity index (χ2n) is 9.29. The van der Waals surface area contributed by atoms with E-state index in [1.54, 1.807) is 6.07 Å². The second kappa shape index (κ2) is 8.31. The van der Waals surface area contributed by atoms with Crippen molar-refractivity contribution in [3.8, 4) is 0 Å². The minimum atomic E-state index is -0.384. The predicted octanol–water partition coefficient (Wildman–Crippen LogP) is 3.28. The highest BCUT2D eigenvalue weighted by molar-refractivity contribution is 5.78. The van der Waals surface area contributed by atoms with E-state index in [2.05, 4.69) is 11.8 Å². The molecule has 0 aliphatic carbocycles. The molecule has 32 heavy (non-hydrogen) atoms. The molecule has 1 N–H and O–H groups in total. The van der Waals surface area contributed by atoms with Crippen molar-refractivity contribution in [3.63, 3.8) is 0 Å². The molecule has 4 heterocycles. The van der Waals surface area contributed by atoms with Gasteiger partial charge in [0.25, 0.3) is 5.56 Å². The monoisotopic (exact) mass is 441 g/mol. The molecule has 1 fully saturated rings. The average molecular weight is 442 g/mol. The van der Waals surface area contributed by atoms with Crippen LogP contribution in [0.25, 0.3) is 11.0 Å². The molecule has 2 aliphatic heterocycles. The maximum absolute atomic E-state index is 13.5. The van der Waals surface area contributed by atoms with Gasteiger partial charge in [0, 0.05) is 36.3 Å². The molecule has 2 aliphatic rings. The van der Waals surface area contributed by atoms with Gasteiger partial charge in [-0.3, -0.25) is 9.36 Å². The SMILES string of the molecule is Cc1nc2n(c(=O)c1CCN1CCC(c3c4ccc(F)cc4o[n+]3O)CC1)CCCC2C. The summed E-state index contributed by atoms with van der Waals surface area (Å²) in [6.45, 7) is 7.43. The van der Waals surface area contributed by atoms with Crippen molar-refractivity contribution in [2.45, 2.75) is 64.3 Å². The van der Waals surface area contributed by atoms with Gasteiger partial charge in [-0.15, -0.1) is 0 Å². The molecule has 170 valence electrons. The first-order valence-corrected chi connectivity index (χ1v) is 11.6. The number of halogens is 1. The van der Waals surface area contributed by atoms with Gasteiger partial charge in [-0.1, -0.05) is 6.92 Å². The molecular weight excluding hydrogens is 411 g/mol. The summed E-state index contributed by atoms with van der Waals surface area (Å²) in [6, 6.07) is 4.36. The van der Waals surface area contributed by atoms with Gasteiger partial charge >= 0.3 is 5.69 Å². The number of aryl methyl sites for hydroxylation is 1. The summed E-state index contributed by atoms with van der Waals surface area (Å²) in [6.07, 6.45) is 4.56. The standard InChI is InChI=1S/C24H30FN4O3/c1-15-4-3-10-28-23(15)26-16(2)19(24(28)30)9-13-27-11-7-17(8-12-27)22-20-6-5-18(25)14-21(20)32-29(22)31/h5-6,14-15,17,31H,3-4,7-13H2,1-2H3/q+1. The van der Waals surface area contributed by atoms with Crippen LogP contribution in [-0.4, -0.2) is 39.3 Å². The van der Waals surface area contributed by atoms with Crippen LogP contribution in [0.2, 0.25) is 0 Å². The molecule has 3 aromatic rings. The molecule has 1 unspecified atom stereocenters. The Balaban J connectivity index is 1.26. The van der Waals surface area contributed by atoms with Crippen molar-refractivity contribution in [2.24, 2.45) is 0 Å². The number of aromatic nitrogens is 3. The first-order chi connectivity index (χ1) is 15.4. The number of hydrogen-bond acceptors (Lipinski definition) is 5. The number of fused-ring (bicyclic) bond motifs is 2. The van der Waals surface area contributed by atoms with Crippen LogP contribution in [0, 0.1) is 12.7 Å². The maximum Gasteiger partial charge on any atom is 0.303 e. The Bertz CT molecular complexity index is 1210. The molecule has 0 amide bonds. The minimum absolute atomic E-state index is 0.132. The first kappa shape index (κ1) is 21.1. The van der Waals surface area contributed by atoms with Gasteiger partial charge in [0.05, 0.1) is 5.92 Å². The molecule has 1 atom stereocenters. The molecule has 5 rings (SSSR count). The van der Waals surface area contributed by atoms with Gasteiger partial charge in [0.1, 0.15) is 17.0 Å². The number of piperidine rings is 1. The highest BCUT2D eigenvalue weighted by atomic mass is 19.1. The summed E-state index contributed by atoms with van der Waals surface area (Å²) < 4.78 is 20.7. The molecule has 1 saturated heterocycles. The van der Waals surface area contributed by atoms with E-state index >= 15 is 0 Å². The van der Waals surface area contributed by atoms with Crippen molar-refractivity contribution >= 4 is 11.0 Å². The van der Waals surface area contributed by atoms with Crippen LogP contribution in [0.4, 0.5) is 4.39 Å². The zero-order chi connectivity index (χ0) is 22.4. The Hall–Kier alpha value is -2.74. The van der Waals surface area contributed by atoms with E-state index in [1.165, 1.54) is 12.1 Å². The number of likely N-dealkylation sites (tertiary alicyclic amines) is 1. The van der Waals surface area contributed by atoms with Crippen molar-refractivity contribution < 1.29 is 19.0 Å². The maximum atomic E-state index is 13.5. The fraction of sp³-hybridized carbons (Fsp3) is 0.542. The highest BCUT2D eigenvalue weighted by Gasteiger charge is 2.34. The molecule has 0 bridgehead atoms. The lowest BCUT2D eigenvalue weighted by atomic mass is 9.91. The van der Waals surface area contributed by atoms with Gasteiger partial charge in [0.15, 0.2) is 0 Å². The van der Waals surface area contributed by atoms with E-state index in [4.69, 9.17) is 9.51 Å². The second-order valence-corrected chi connectivity index (χ2v) is 9.29. The van der Waals surface area contributed by atoms with E-state index in [0.29, 0.717) is 23.6 Å². The Kier molecular flexibility index (Phi) is 5.49. The third kappa shape index (κ3) is 3.70. The first-order valence-electron chi connectivity index (χ1n) is 11.6. The van der Waals surface area contributed by atoms with Crippen LogP contribution >= 0.6 is 0 Å². The van der Waals surface area contributed by atoms with E-state index in [-0.39, 0.29) is 17.3 Å². The Morgan fingerprint density at radius 1 is 1.25 bits per heavy atom. The largest absolute Gasteiger partial charge is 0.303 e. The smallest absolute Gasteiger partial charge is 0.303 e. The van der Waals surface area contributed by atoms with Crippen molar-refractivity contribution in [1.82, 2.24) is 14.5 Å². The molecule has 0 spiro atoms. The van der Waals surface area contributed by atoms with Gasteiger partial charge in [-0.2, -0.15) is 4.52 Å². The zero-order valence-corrected chi connectivity index (χ0v) is 18.7. The number of hydrogen-bond donors (Lipinski definition) is 1. The molecule has 7 nitrogen and oxygen atoms in total. The molecule has 8 heteroatoms. The topological polar surface area (TPSA) is 75.4 Å². The van der Waals surface area contributed by atoms with E-state index in [9.17, 15) is 14.4 Å². The van der Waals surface area contributed by atoms with Crippen molar-refractivity contribution in [3.05, 3.63) is 57.1 Å². The third-order valence-electron chi connectivity index (χ3n) is 7.22. The molecule has 0 saturated carbocycles. The third-order valence-corrected chi connectivity index (χ3v) is 7.22. The number of rotatable bonds is 4. The average Bonchev–Trinajstić information content (AvgIpc) is 3.09. The summed E-state index contributed by atoms with van der Waals surface area (Å²) >= 11 is 0. The van der Waals surface area contributed by atoms with Gasteiger partial charge < -0.3 is 4.90 Å². The Morgan fingerprint density at radius 2 is 2.03 bits per heavy atom. The molecule has 1 aromatic carbocycles. The lowest BCUT2D eigenvalue weighted by Crippen LogP contribution is -2.40. The summed E-state index contributed by atoms with van der Waals surface area (Å²) in [5.74, 6) is 1.04. The molecule has 2 aromatic heterocycles. The van der Waals surface area contributed by atoms with Crippen molar-refractivity contribution in [2.75, 3.05) is 19.6 Å². The van der Waals surface area contributed by atoms with Crippen LogP contribution in [0.5, 0.6) is 0 Å². The predicted molar refractivity (Wildman–Crippen MR) is 117 cm³/mol. The normalized spacial score (nSPS) is 20.0. The fourth-order valence-electron chi connectivity index (χ4n) is 5.39. The van der Waals surface area contributed by atoms with Crippen LogP contribution in [0.15, 0.2) is 27.5 Å². The summed E-state index contributed by atoms with van der Waals surface area (Å²) in [4.78, 5) is 21.0. The Morgan fingerprint density at radius 3 is 2.81 bits per heavy atom. The quantitative estimate of drug-likeness (QED) is 0.629. The fourth-order valence-corrected chi connectivity index (χ4v) is 5.39. The highest BCUT2D eigenvalue weighted by Crippen LogP contribution is 2.32. The molecular formula is C24H30FN4O3+. The lowest BCUT2D eigenvalue weighted by molar-refractivity contribution is -1.03. The van der Waals surface area contributed by atoms with E-state index < -0.39 is 0 Å². The van der Waals surface area contributed by atoms with Crippen LogP contribution in [0.3, 0.4) is 0 Å². The lowest BCUT2D eigenvalue weighted by Gasteiger charge is -2.30. The zero-order valence-electron chi connectivity index (χ0n) is 18.7. The van der Waals surface area contributed by atoms with E-state index in [0.717, 1.165) is 79.2 Å². The summed E-state index contributed by atoms with van der Waals surface area (Å²) in [5.41, 5.74) is 2.90. The van der Waals surface area contributed by atoms with Crippen LogP contribution in [0.1, 0.15) is 67.2 Å². The minimum Gasteiger partial charge on any atom is -0.303 e. The van der Waals surface area contributed by atoms with E-state index in [1.807, 2.05) is 11.5 Å². The Labute approximate surface area is 186 Å². The van der Waals surface area contributed by atoms with Crippen LogP contribution < -0.4 is 10.5 Å². The summed E-state index contributed by atoms with van der Waals surface area (Å²) in [7, 11) is 0. The van der Waals surface area contributed by atoms with Gasteiger partial charge in [-0.25, -0.2) is 14.6 Å². The van der Waals surface area contributed by atoms with Crippen LogP contribution in [-0.2, 0) is 13.0 Å². The van der Waals surface area contributed by atoms with Crippen molar-refractivity contribution in [1.29, 1.82) is 0 Å². The molecule has 0 radical (unpaired) electrons. The van der Waals surface area contributed by atoms with Gasteiger partial charge in [-0.05, 0) is 64.3 Å².